The maximum absolute atomic E-state index is 13.3. The van der Waals surface area contributed by atoms with Gasteiger partial charge in [0.25, 0.3) is 17.7 Å². The van der Waals surface area contributed by atoms with Crippen LogP contribution in [0.2, 0.25) is 0 Å². The Bertz CT molecular complexity index is 1300. The highest BCUT2D eigenvalue weighted by Crippen LogP contribution is 2.23. The van der Waals surface area contributed by atoms with Crippen molar-refractivity contribution in [2.24, 2.45) is 0 Å². The maximum atomic E-state index is 13.3. The minimum Gasteiger partial charge on any atom is -0.488 e. The highest BCUT2D eigenvalue weighted by atomic mass is 16.5. The number of carbonyl (C=O) groups is 3. The second-order valence-corrected chi connectivity index (χ2v) is 9.18. The third kappa shape index (κ3) is 5.72. The topological polar surface area (TPSA) is 110 Å². The largest absolute Gasteiger partial charge is 0.488 e. The van der Waals surface area contributed by atoms with Crippen LogP contribution in [0.1, 0.15) is 38.4 Å². The van der Waals surface area contributed by atoms with Crippen molar-refractivity contribution in [1.29, 1.82) is 0 Å². The van der Waals surface area contributed by atoms with Crippen molar-refractivity contribution in [3.63, 3.8) is 0 Å². The summed E-state index contributed by atoms with van der Waals surface area (Å²) in [7, 11) is 0. The molecule has 1 fully saturated rings. The predicted molar refractivity (Wildman–Crippen MR) is 135 cm³/mol. The van der Waals surface area contributed by atoms with Crippen LogP contribution >= 0.6 is 0 Å². The molecule has 37 heavy (non-hydrogen) atoms. The molecule has 2 atom stereocenters. The molecule has 3 aromatic rings. The van der Waals surface area contributed by atoms with Crippen molar-refractivity contribution in [3.8, 4) is 11.5 Å². The molecule has 3 aliphatic heterocycles. The molecule has 2 N–H and O–H groups in total. The lowest BCUT2D eigenvalue weighted by atomic mass is 10.00. The number of fused-ring (bicyclic) bond motifs is 7. The Hall–Kier alpha value is -4.40. The summed E-state index contributed by atoms with van der Waals surface area (Å²) in [6.45, 7) is 2.79. The molecular weight excluding hydrogens is 472 g/mol. The van der Waals surface area contributed by atoms with Gasteiger partial charge in [-0.2, -0.15) is 0 Å². The summed E-state index contributed by atoms with van der Waals surface area (Å²) >= 11 is 0. The van der Waals surface area contributed by atoms with Gasteiger partial charge in [0.15, 0.2) is 6.61 Å². The lowest BCUT2D eigenvalue weighted by Crippen LogP contribution is -2.58. The summed E-state index contributed by atoms with van der Waals surface area (Å²) in [5, 5.41) is 5.90. The van der Waals surface area contributed by atoms with Crippen molar-refractivity contribution < 1.29 is 23.9 Å². The van der Waals surface area contributed by atoms with Crippen LogP contribution in [0.4, 0.5) is 0 Å². The highest BCUT2D eigenvalue weighted by Gasteiger charge is 2.35. The number of likely N-dealkylation sites (tertiary alicyclic amines) is 1. The first-order valence-corrected chi connectivity index (χ1v) is 12.2. The van der Waals surface area contributed by atoms with E-state index in [1.54, 1.807) is 47.5 Å². The normalized spacial score (nSPS) is 20.0. The van der Waals surface area contributed by atoms with Crippen LogP contribution in [-0.4, -0.2) is 59.4 Å². The number of pyridine rings is 1. The molecule has 9 nitrogen and oxygen atoms in total. The number of aryl methyl sites for hydroxylation is 1. The smallest absolute Gasteiger partial charge is 0.272 e. The number of rotatable bonds is 1. The van der Waals surface area contributed by atoms with Crippen LogP contribution in [-0.2, 0) is 11.3 Å². The van der Waals surface area contributed by atoms with E-state index in [4.69, 9.17) is 9.47 Å². The van der Waals surface area contributed by atoms with Gasteiger partial charge in [0.2, 0.25) is 0 Å². The van der Waals surface area contributed by atoms with Gasteiger partial charge in [0, 0.05) is 37.8 Å². The average molecular weight is 501 g/mol. The SMILES string of the molecule is Cc1ccc2cc1OCC(=O)NCc1ccc(cc1)O[C@H]1CCN(C(=O)c3ccccn3)C[C@@H]1NC2=O. The van der Waals surface area contributed by atoms with Crippen molar-refractivity contribution in [2.45, 2.75) is 32.0 Å². The molecule has 1 saturated heterocycles. The Morgan fingerprint density at radius 1 is 1.08 bits per heavy atom. The zero-order valence-corrected chi connectivity index (χ0v) is 20.5. The molecule has 9 heteroatoms. The van der Waals surface area contributed by atoms with Gasteiger partial charge < -0.3 is 25.0 Å². The first-order chi connectivity index (χ1) is 18.0. The minimum absolute atomic E-state index is 0.164. The monoisotopic (exact) mass is 500 g/mol. The van der Waals surface area contributed by atoms with E-state index in [2.05, 4.69) is 15.6 Å². The van der Waals surface area contributed by atoms with Gasteiger partial charge in [0.1, 0.15) is 23.3 Å². The predicted octanol–water partition coefficient (Wildman–Crippen LogP) is 2.49. The van der Waals surface area contributed by atoms with Crippen molar-refractivity contribution in [3.05, 3.63) is 89.2 Å². The Morgan fingerprint density at radius 3 is 2.70 bits per heavy atom. The van der Waals surface area contributed by atoms with Crippen LogP contribution in [0, 0.1) is 6.92 Å². The summed E-state index contributed by atoms with van der Waals surface area (Å²) in [5.74, 6) is 0.333. The van der Waals surface area contributed by atoms with Gasteiger partial charge >= 0.3 is 0 Å². The third-order valence-corrected chi connectivity index (χ3v) is 6.55. The van der Waals surface area contributed by atoms with E-state index in [-0.39, 0.29) is 37.0 Å². The molecule has 3 aliphatic rings. The van der Waals surface area contributed by atoms with Crippen molar-refractivity contribution in [1.82, 2.24) is 20.5 Å². The fraction of sp³-hybridized carbons (Fsp3) is 0.286. The molecule has 6 rings (SSSR count). The van der Waals surface area contributed by atoms with Gasteiger partial charge in [0.05, 0.1) is 6.04 Å². The Balaban J connectivity index is 1.43. The number of amides is 3. The van der Waals surface area contributed by atoms with Crippen LogP contribution in [0.5, 0.6) is 11.5 Å². The van der Waals surface area contributed by atoms with E-state index < -0.39 is 6.04 Å². The number of carbonyl (C=O) groups excluding carboxylic acids is 3. The number of piperidine rings is 1. The summed E-state index contributed by atoms with van der Waals surface area (Å²) < 4.78 is 12.0. The summed E-state index contributed by atoms with van der Waals surface area (Å²) in [4.78, 5) is 44.6. The number of hydrogen-bond donors (Lipinski definition) is 2. The molecule has 0 spiro atoms. The molecule has 0 radical (unpaired) electrons. The second kappa shape index (κ2) is 10.7. The van der Waals surface area contributed by atoms with E-state index in [0.29, 0.717) is 42.3 Å². The Kier molecular flexibility index (Phi) is 7.02. The van der Waals surface area contributed by atoms with E-state index in [1.165, 1.54) is 0 Å². The first-order valence-electron chi connectivity index (χ1n) is 12.2. The van der Waals surface area contributed by atoms with Crippen LogP contribution in [0.15, 0.2) is 66.9 Å². The molecule has 4 heterocycles. The number of benzene rings is 2. The van der Waals surface area contributed by atoms with Gasteiger partial charge in [-0.25, -0.2) is 0 Å². The molecule has 4 bridgehead atoms. The lowest BCUT2D eigenvalue weighted by Gasteiger charge is -2.38. The second-order valence-electron chi connectivity index (χ2n) is 9.18. The van der Waals surface area contributed by atoms with E-state index in [1.807, 2.05) is 31.2 Å². The number of nitrogens with zero attached hydrogens (tertiary/aromatic N) is 2. The molecule has 2 aromatic carbocycles. The number of nitrogens with one attached hydrogen (secondary N) is 2. The molecule has 0 saturated carbocycles. The minimum atomic E-state index is -0.460. The van der Waals surface area contributed by atoms with Gasteiger partial charge in [-0.3, -0.25) is 19.4 Å². The third-order valence-electron chi connectivity index (χ3n) is 6.55. The summed E-state index contributed by atoms with van der Waals surface area (Å²) in [6.07, 6.45) is 1.77. The van der Waals surface area contributed by atoms with Crippen LogP contribution in [0.3, 0.4) is 0 Å². The molecule has 0 unspecified atom stereocenters. The van der Waals surface area contributed by atoms with Gasteiger partial charge in [-0.05, 0) is 54.4 Å². The summed E-state index contributed by atoms with van der Waals surface area (Å²) in [5.41, 5.74) is 2.48. The molecule has 3 amide bonds. The van der Waals surface area contributed by atoms with Crippen LogP contribution < -0.4 is 20.1 Å². The quantitative estimate of drug-likeness (QED) is 0.531. The maximum Gasteiger partial charge on any atom is 0.272 e. The Labute approximate surface area is 214 Å². The van der Waals surface area contributed by atoms with Crippen LogP contribution in [0.25, 0.3) is 0 Å². The summed E-state index contributed by atoms with van der Waals surface area (Å²) in [6, 6.07) is 17.3. The standard InChI is InChI=1S/C28H28N4O5/c1-18-5-8-20-14-25(18)36-17-26(33)30-15-19-6-9-21(10-7-19)37-24-11-13-32(16-23(24)31-27(20)34)28(35)22-4-2-3-12-29-22/h2-10,12,14,23-24H,11,13,15-17H2,1H3,(H,30,33)(H,31,34)/t23-,24-/m0/s1. The van der Waals surface area contributed by atoms with E-state index in [9.17, 15) is 14.4 Å². The Morgan fingerprint density at radius 2 is 1.92 bits per heavy atom. The number of ether oxygens (including phenoxy) is 2. The van der Waals surface area contributed by atoms with Crippen molar-refractivity contribution >= 4 is 17.7 Å². The fourth-order valence-electron chi connectivity index (χ4n) is 4.45. The van der Waals surface area contributed by atoms with Crippen molar-refractivity contribution in [2.75, 3.05) is 19.7 Å². The first kappa shape index (κ1) is 24.3. The molecule has 1 aromatic heterocycles. The molecule has 0 aliphatic carbocycles. The fourth-order valence-corrected chi connectivity index (χ4v) is 4.45. The lowest BCUT2D eigenvalue weighted by molar-refractivity contribution is -0.123. The molecular formula is C28H28N4O5. The zero-order valence-electron chi connectivity index (χ0n) is 20.5. The number of aromatic nitrogens is 1. The molecule has 190 valence electrons. The average Bonchev–Trinajstić information content (AvgIpc) is 2.92. The van der Waals surface area contributed by atoms with E-state index in [0.717, 1.165) is 11.1 Å². The highest BCUT2D eigenvalue weighted by molar-refractivity contribution is 5.95. The zero-order chi connectivity index (χ0) is 25.8. The van der Waals surface area contributed by atoms with Gasteiger partial charge in [-0.15, -0.1) is 0 Å². The number of hydrogen-bond acceptors (Lipinski definition) is 6. The van der Waals surface area contributed by atoms with Gasteiger partial charge in [-0.1, -0.05) is 24.3 Å². The van der Waals surface area contributed by atoms with E-state index >= 15 is 0 Å².